The number of aromatic nitrogens is 2. The summed E-state index contributed by atoms with van der Waals surface area (Å²) in [5.41, 5.74) is 1.84. The maximum absolute atomic E-state index is 10.4. The Bertz CT molecular complexity index is 494. The molecule has 3 N–H and O–H groups in total. The van der Waals surface area contributed by atoms with Gasteiger partial charge in [0.25, 0.3) is 0 Å². The molecule has 2 aromatic rings. The van der Waals surface area contributed by atoms with E-state index in [-0.39, 0.29) is 0 Å². The van der Waals surface area contributed by atoms with Crippen molar-refractivity contribution in [2.75, 3.05) is 5.32 Å². The van der Waals surface area contributed by atoms with E-state index in [9.17, 15) is 4.79 Å². The Morgan fingerprint density at radius 3 is 3.07 bits per heavy atom. The fraction of sp³-hybridized carbons (Fsp3) is 0. The van der Waals surface area contributed by atoms with Crippen molar-refractivity contribution in [2.24, 2.45) is 0 Å². The van der Waals surface area contributed by atoms with Gasteiger partial charge < -0.3 is 10.1 Å². The van der Waals surface area contributed by atoms with Gasteiger partial charge in [-0.05, 0) is 28.1 Å². The van der Waals surface area contributed by atoms with Crippen LogP contribution in [-0.4, -0.2) is 21.2 Å². The molecule has 0 aliphatic carbocycles. The Hall–Kier alpha value is -1.56. The molecule has 1 amide bonds. The SMILES string of the molecule is O=C(O)Nc1c[nH]c2ccc(Br)nc12. The summed E-state index contributed by atoms with van der Waals surface area (Å²) >= 11 is 3.22. The maximum Gasteiger partial charge on any atom is 0.409 e. The number of anilines is 1. The van der Waals surface area contributed by atoms with Crippen LogP contribution in [-0.2, 0) is 0 Å². The van der Waals surface area contributed by atoms with Crippen molar-refractivity contribution in [3.8, 4) is 0 Å². The highest BCUT2D eigenvalue weighted by molar-refractivity contribution is 9.10. The van der Waals surface area contributed by atoms with E-state index in [1.54, 1.807) is 12.3 Å². The van der Waals surface area contributed by atoms with Gasteiger partial charge in [-0.25, -0.2) is 9.78 Å². The normalized spacial score (nSPS) is 10.4. The number of amides is 1. The minimum absolute atomic E-state index is 0.453. The summed E-state index contributed by atoms with van der Waals surface area (Å²) < 4.78 is 0.665. The Labute approximate surface area is 87.3 Å². The van der Waals surface area contributed by atoms with Gasteiger partial charge in [0.1, 0.15) is 10.1 Å². The van der Waals surface area contributed by atoms with Gasteiger partial charge in [0.15, 0.2) is 0 Å². The predicted molar refractivity (Wildman–Crippen MR) is 55.4 cm³/mol. The average molecular weight is 256 g/mol. The molecule has 14 heavy (non-hydrogen) atoms. The number of aromatic amines is 1. The van der Waals surface area contributed by atoms with Crippen LogP contribution in [0.15, 0.2) is 22.9 Å². The average Bonchev–Trinajstić information content (AvgIpc) is 2.47. The second-order valence-electron chi connectivity index (χ2n) is 2.66. The fourth-order valence-electron chi connectivity index (χ4n) is 1.19. The summed E-state index contributed by atoms with van der Waals surface area (Å²) in [6, 6.07) is 3.60. The zero-order valence-electron chi connectivity index (χ0n) is 6.91. The molecule has 0 unspecified atom stereocenters. The van der Waals surface area contributed by atoms with Crippen molar-refractivity contribution in [2.45, 2.75) is 0 Å². The highest BCUT2D eigenvalue weighted by Crippen LogP contribution is 2.22. The molecular formula is C8H6BrN3O2. The van der Waals surface area contributed by atoms with Gasteiger partial charge in [-0.15, -0.1) is 0 Å². The lowest BCUT2D eigenvalue weighted by molar-refractivity contribution is 0.210. The molecule has 0 atom stereocenters. The van der Waals surface area contributed by atoms with E-state index < -0.39 is 6.09 Å². The molecule has 2 rings (SSSR count). The molecule has 0 radical (unpaired) electrons. The second-order valence-corrected chi connectivity index (χ2v) is 3.48. The van der Waals surface area contributed by atoms with Crippen LogP contribution in [0.1, 0.15) is 0 Å². The molecular weight excluding hydrogens is 250 g/mol. The first-order valence-electron chi connectivity index (χ1n) is 3.80. The van der Waals surface area contributed by atoms with Crippen LogP contribution in [0, 0.1) is 0 Å². The minimum atomic E-state index is -1.10. The highest BCUT2D eigenvalue weighted by atomic mass is 79.9. The largest absolute Gasteiger partial charge is 0.465 e. The van der Waals surface area contributed by atoms with Crippen molar-refractivity contribution < 1.29 is 9.90 Å². The third-order valence-corrected chi connectivity index (χ3v) is 2.17. The van der Waals surface area contributed by atoms with Gasteiger partial charge in [0.2, 0.25) is 0 Å². The molecule has 0 spiro atoms. The molecule has 5 nitrogen and oxygen atoms in total. The lowest BCUT2D eigenvalue weighted by atomic mass is 10.3. The molecule has 2 aromatic heterocycles. The third-order valence-electron chi connectivity index (χ3n) is 1.73. The maximum atomic E-state index is 10.4. The monoisotopic (exact) mass is 255 g/mol. The molecule has 72 valence electrons. The molecule has 0 aliphatic rings. The van der Waals surface area contributed by atoms with E-state index in [4.69, 9.17) is 5.11 Å². The summed E-state index contributed by atoms with van der Waals surface area (Å²) in [6.45, 7) is 0. The molecule has 0 saturated carbocycles. The molecule has 2 heterocycles. The molecule has 0 saturated heterocycles. The number of rotatable bonds is 1. The zero-order chi connectivity index (χ0) is 10.1. The quantitative estimate of drug-likeness (QED) is 0.685. The van der Waals surface area contributed by atoms with E-state index in [0.29, 0.717) is 15.8 Å². The van der Waals surface area contributed by atoms with Crippen LogP contribution in [0.2, 0.25) is 0 Å². The predicted octanol–water partition coefficient (Wildman–Crippen LogP) is 2.42. The highest BCUT2D eigenvalue weighted by Gasteiger charge is 2.07. The first-order valence-corrected chi connectivity index (χ1v) is 4.59. The van der Waals surface area contributed by atoms with Crippen molar-refractivity contribution in [3.63, 3.8) is 0 Å². The fourth-order valence-corrected chi connectivity index (χ4v) is 1.50. The Kier molecular flexibility index (Phi) is 2.12. The Balaban J connectivity index is 2.55. The van der Waals surface area contributed by atoms with Crippen LogP contribution in [0.3, 0.4) is 0 Å². The number of carboxylic acid groups (broad SMARTS) is 1. The number of carbonyl (C=O) groups is 1. The Morgan fingerprint density at radius 2 is 2.36 bits per heavy atom. The van der Waals surface area contributed by atoms with E-state index in [2.05, 4.69) is 31.2 Å². The number of nitrogens with zero attached hydrogens (tertiary/aromatic N) is 1. The van der Waals surface area contributed by atoms with Crippen LogP contribution in [0.25, 0.3) is 11.0 Å². The molecule has 0 aliphatic heterocycles. The van der Waals surface area contributed by atoms with E-state index >= 15 is 0 Å². The number of fused-ring (bicyclic) bond motifs is 1. The van der Waals surface area contributed by atoms with Gasteiger partial charge in [0, 0.05) is 6.20 Å². The smallest absolute Gasteiger partial charge is 0.409 e. The summed E-state index contributed by atoms with van der Waals surface area (Å²) in [5, 5.41) is 10.8. The van der Waals surface area contributed by atoms with Crippen LogP contribution in [0.4, 0.5) is 10.5 Å². The standard InChI is InChI=1S/C8H6BrN3O2/c9-6-2-1-4-7(12-6)5(3-10-4)11-8(13)14/h1-3,10-11H,(H,13,14). The summed E-state index contributed by atoms with van der Waals surface area (Å²) in [4.78, 5) is 17.5. The molecule has 6 heteroatoms. The first kappa shape index (κ1) is 9.01. The van der Waals surface area contributed by atoms with Gasteiger partial charge >= 0.3 is 6.09 Å². The van der Waals surface area contributed by atoms with Gasteiger partial charge in [-0.1, -0.05) is 0 Å². The summed E-state index contributed by atoms with van der Waals surface area (Å²) in [6.07, 6.45) is 0.464. The molecule has 0 bridgehead atoms. The van der Waals surface area contributed by atoms with Gasteiger partial charge in [0.05, 0.1) is 11.2 Å². The number of halogens is 1. The topological polar surface area (TPSA) is 78.0 Å². The van der Waals surface area contributed by atoms with Gasteiger partial charge in [-0.3, -0.25) is 5.32 Å². The van der Waals surface area contributed by atoms with E-state index in [0.717, 1.165) is 5.52 Å². The van der Waals surface area contributed by atoms with Crippen molar-refractivity contribution >= 4 is 38.7 Å². The van der Waals surface area contributed by atoms with Crippen LogP contribution < -0.4 is 5.32 Å². The van der Waals surface area contributed by atoms with E-state index in [1.807, 2.05) is 6.07 Å². The lowest BCUT2D eigenvalue weighted by Gasteiger charge is -1.96. The zero-order valence-corrected chi connectivity index (χ0v) is 8.50. The van der Waals surface area contributed by atoms with Crippen LogP contribution in [0.5, 0.6) is 0 Å². The Morgan fingerprint density at radius 1 is 1.57 bits per heavy atom. The van der Waals surface area contributed by atoms with Crippen molar-refractivity contribution in [1.82, 2.24) is 9.97 Å². The summed E-state index contributed by atoms with van der Waals surface area (Å²) in [5.74, 6) is 0. The van der Waals surface area contributed by atoms with Crippen LogP contribution >= 0.6 is 15.9 Å². The number of H-pyrrole nitrogens is 1. The molecule has 0 fully saturated rings. The van der Waals surface area contributed by atoms with E-state index in [1.165, 1.54) is 0 Å². The summed E-state index contributed by atoms with van der Waals surface area (Å²) in [7, 11) is 0. The van der Waals surface area contributed by atoms with Gasteiger partial charge in [-0.2, -0.15) is 0 Å². The number of hydrogen-bond acceptors (Lipinski definition) is 2. The lowest BCUT2D eigenvalue weighted by Crippen LogP contribution is -2.06. The molecule has 0 aromatic carbocycles. The van der Waals surface area contributed by atoms with Crippen molar-refractivity contribution in [3.05, 3.63) is 22.9 Å². The number of pyridine rings is 1. The first-order chi connectivity index (χ1) is 6.66. The number of hydrogen-bond donors (Lipinski definition) is 3. The second kappa shape index (κ2) is 3.30. The van der Waals surface area contributed by atoms with Crippen molar-refractivity contribution in [1.29, 1.82) is 0 Å². The third kappa shape index (κ3) is 1.56. The minimum Gasteiger partial charge on any atom is -0.465 e. The number of nitrogens with one attached hydrogen (secondary N) is 2.